The molecule has 0 saturated carbocycles. The number of nitrogens with zero attached hydrogens (tertiary/aromatic N) is 3. The van der Waals surface area contributed by atoms with Gasteiger partial charge in [-0.3, -0.25) is 9.48 Å². The average molecular weight is 278 g/mol. The Morgan fingerprint density at radius 2 is 2.15 bits per heavy atom. The minimum absolute atomic E-state index is 0.165. The van der Waals surface area contributed by atoms with Gasteiger partial charge in [-0.2, -0.15) is 5.10 Å². The molecular formula is C15H26N4O. The number of hydrogen-bond donors (Lipinski definition) is 1. The second kappa shape index (κ2) is 5.95. The second-order valence-corrected chi connectivity index (χ2v) is 6.16. The normalized spacial score (nSPS) is 19.9. The van der Waals surface area contributed by atoms with E-state index in [2.05, 4.69) is 24.3 Å². The maximum absolute atomic E-state index is 12.7. The minimum atomic E-state index is -0.283. The first-order valence-corrected chi connectivity index (χ1v) is 7.43. The van der Waals surface area contributed by atoms with Gasteiger partial charge in [-0.05, 0) is 25.3 Å². The van der Waals surface area contributed by atoms with Gasteiger partial charge in [-0.15, -0.1) is 0 Å². The van der Waals surface area contributed by atoms with E-state index in [0.717, 1.165) is 31.5 Å². The maximum Gasteiger partial charge on any atom is 0.244 e. The van der Waals surface area contributed by atoms with E-state index in [9.17, 15) is 4.79 Å². The van der Waals surface area contributed by atoms with Crippen molar-refractivity contribution in [1.29, 1.82) is 0 Å². The van der Waals surface area contributed by atoms with Crippen molar-refractivity contribution >= 4 is 5.91 Å². The molecule has 0 radical (unpaired) electrons. The number of amides is 1. The predicted molar refractivity (Wildman–Crippen MR) is 79.2 cm³/mol. The fourth-order valence-corrected chi connectivity index (χ4v) is 2.82. The van der Waals surface area contributed by atoms with E-state index in [0.29, 0.717) is 5.41 Å². The first-order valence-electron chi connectivity index (χ1n) is 7.43. The van der Waals surface area contributed by atoms with Gasteiger partial charge in [0.1, 0.15) is 6.04 Å². The lowest BCUT2D eigenvalue weighted by atomic mass is 9.78. The third-order valence-corrected chi connectivity index (χ3v) is 4.73. The zero-order valence-electron chi connectivity index (χ0n) is 13.0. The smallest absolute Gasteiger partial charge is 0.244 e. The van der Waals surface area contributed by atoms with Crippen LogP contribution in [0.2, 0.25) is 0 Å². The van der Waals surface area contributed by atoms with E-state index < -0.39 is 0 Å². The Balaban J connectivity index is 2.03. The van der Waals surface area contributed by atoms with E-state index >= 15 is 0 Å². The second-order valence-electron chi connectivity index (χ2n) is 6.16. The molecule has 112 valence electrons. The highest BCUT2D eigenvalue weighted by molar-refractivity contribution is 5.83. The summed E-state index contributed by atoms with van der Waals surface area (Å²) in [6.07, 6.45) is 7.04. The molecule has 0 bridgehead atoms. The molecule has 1 fully saturated rings. The summed E-state index contributed by atoms with van der Waals surface area (Å²) in [6, 6.07) is -0.283. The molecule has 20 heavy (non-hydrogen) atoms. The van der Waals surface area contributed by atoms with Crippen LogP contribution in [0.3, 0.4) is 0 Å². The molecule has 1 aliphatic rings. The maximum atomic E-state index is 12.7. The molecule has 1 amide bonds. The third kappa shape index (κ3) is 3.03. The van der Waals surface area contributed by atoms with Gasteiger partial charge in [0.25, 0.3) is 0 Å². The topological polar surface area (TPSA) is 50.2 Å². The van der Waals surface area contributed by atoms with Crippen LogP contribution in [0, 0.1) is 5.41 Å². The summed E-state index contributed by atoms with van der Waals surface area (Å²) in [5, 5.41) is 7.27. The largest absolute Gasteiger partial charge is 0.341 e. The van der Waals surface area contributed by atoms with Crippen LogP contribution in [0.1, 0.15) is 44.7 Å². The number of likely N-dealkylation sites (tertiary alicyclic amines) is 1. The Labute approximate surface area is 121 Å². The number of nitrogens with one attached hydrogen (secondary N) is 1. The Hall–Kier alpha value is -1.36. The van der Waals surface area contributed by atoms with Crippen LogP contribution in [-0.4, -0.2) is 40.7 Å². The van der Waals surface area contributed by atoms with Gasteiger partial charge in [0.2, 0.25) is 5.91 Å². The number of likely N-dealkylation sites (N-methyl/N-ethyl adjacent to an activating group) is 1. The number of carbonyl (C=O) groups excluding carboxylic acids is 1. The molecule has 0 aliphatic carbocycles. The molecule has 2 heterocycles. The van der Waals surface area contributed by atoms with Gasteiger partial charge < -0.3 is 10.2 Å². The van der Waals surface area contributed by atoms with Crippen LogP contribution in [-0.2, 0) is 11.8 Å². The van der Waals surface area contributed by atoms with Crippen LogP contribution in [0.15, 0.2) is 12.4 Å². The molecule has 1 aliphatic heterocycles. The van der Waals surface area contributed by atoms with Gasteiger partial charge in [0, 0.05) is 31.9 Å². The first-order chi connectivity index (χ1) is 9.49. The molecule has 5 heteroatoms. The SMILES string of the molecule is CCC1(C)CCN(C(=O)C(NC)c2cnn(C)c2)CC1. The van der Waals surface area contributed by atoms with Gasteiger partial charge in [0.05, 0.1) is 6.20 Å². The van der Waals surface area contributed by atoms with Crippen LogP contribution >= 0.6 is 0 Å². The summed E-state index contributed by atoms with van der Waals surface area (Å²) in [6.45, 7) is 6.29. The molecule has 0 aromatic carbocycles. The number of piperidine rings is 1. The minimum Gasteiger partial charge on any atom is -0.341 e. The number of rotatable bonds is 4. The van der Waals surface area contributed by atoms with E-state index in [1.165, 1.54) is 6.42 Å². The summed E-state index contributed by atoms with van der Waals surface area (Å²) in [7, 11) is 3.70. The molecule has 1 unspecified atom stereocenters. The van der Waals surface area contributed by atoms with Crippen molar-refractivity contribution in [2.75, 3.05) is 20.1 Å². The Kier molecular flexibility index (Phi) is 4.48. The summed E-state index contributed by atoms with van der Waals surface area (Å²) < 4.78 is 1.73. The molecule has 1 atom stereocenters. The molecular weight excluding hydrogens is 252 g/mol. The summed E-state index contributed by atoms with van der Waals surface area (Å²) in [5.74, 6) is 0.165. The van der Waals surface area contributed by atoms with Crippen molar-refractivity contribution in [3.63, 3.8) is 0 Å². The number of carbonyl (C=O) groups is 1. The zero-order valence-corrected chi connectivity index (χ0v) is 13.0. The summed E-state index contributed by atoms with van der Waals surface area (Å²) in [4.78, 5) is 14.7. The van der Waals surface area contributed by atoms with Crippen LogP contribution in [0.25, 0.3) is 0 Å². The lowest BCUT2D eigenvalue weighted by molar-refractivity contribution is -0.135. The number of hydrogen-bond acceptors (Lipinski definition) is 3. The van der Waals surface area contributed by atoms with Crippen molar-refractivity contribution in [3.8, 4) is 0 Å². The molecule has 1 aromatic heterocycles. The Morgan fingerprint density at radius 3 is 2.60 bits per heavy atom. The molecule has 2 rings (SSSR count). The van der Waals surface area contributed by atoms with Gasteiger partial charge in [-0.1, -0.05) is 20.3 Å². The monoisotopic (exact) mass is 278 g/mol. The summed E-state index contributed by atoms with van der Waals surface area (Å²) in [5.41, 5.74) is 1.34. The van der Waals surface area contributed by atoms with Gasteiger partial charge in [-0.25, -0.2) is 0 Å². The lowest BCUT2D eigenvalue weighted by Crippen LogP contribution is -2.46. The molecule has 1 aromatic rings. The Bertz CT molecular complexity index is 460. The van der Waals surface area contributed by atoms with E-state index in [4.69, 9.17) is 0 Å². The number of aromatic nitrogens is 2. The highest BCUT2D eigenvalue weighted by Gasteiger charge is 2.33. The van der Waals surface area contributed by atoms with Crippen LogP contribution in [0.4, 0.5) is 0 Å². The van der Waals surface area contributed by atoms with Crippen molar-refractivity contribution in [1.82, 2.24) is 20.0 Å². The Morgan fingerprint density at radius 1 is 1.50 bits per heavy atom. The van der Waals surface area contributed by atoms with Crippen molar-refractivity contribution in [2.45, 2.75) is 39.2 Å². The van der Waals surface area contributed by atoms with Crippen molar-refractivity contribution < 1.29 is 4.79 Å². The van der Waals surface area contributed by atoms with Gasteiger partial charge in [0.15, 0.2) is 0 Å². The predicted octanol–water partition coefficient (Wildman–Crippen LogP) is 1.72. The fraction of sp³-hybridized carbons (Fsp3) is 0.733. The van der Waals surface area contributed by atoms with E-state index in [1.54, 1.807) is 10.9 Å². The first kappa shape index (κ1) is 15.0. The van der Waals surface area contributed by atoms with Crippen LogP contribution in [0.5, 0.6) is 0 Å². The van der Waals surface area contributed by atoms with Gasteiger partial charge >= 0.3 is 0 Å². The highest BCUT2D eigenvalue weighted by atomic mass is 16.2. The lowest BCUT2D eigenvalue weighted by Gasteiger charge is -2.40. The number of aryl methyl sites for hydroxylation is 1. The zero-order chi connectivity index (χ0) is 14.8. The van der Waals surface area contributed by atoms with Crippen LogP contribution < -0.4 is 5.32 Å². The van der Waals surface area contributed by atoms with Crippen molar-refractivity contribution in [3.05, 3.63) is 18.0 Å². The molecule has 0 spiro atoms. The quantitative estimate of drug-likeness (QED) is 0.912. The van der Waals surface area contributed by atoms with Crippen molar-refractivity contribution in [2.24, 2.45) is 12.5 Å². The highest BCUT2D eigenvalue weighted by Crippen LogP contribution is 2.34. The summed E-state index contributed by atoms with van der Waals surface area (Å²) >= 11 is 0. The third-order valence-electron chi connectivity index (χ3n) is 4.73. The van der Waals surface area contributed by atoms with E-state index in [-0.39, 0.29) is 11.9 Å². The average Bonchev–Trinajstić information content (AvgIpc) is 2.87. The fourth-order valence-electron chi connectivity index (χ4n) is 2.82. The molecule has 1 saturated heterocycles. The standard InChI is InChI=1S/C15H26N4O/c1-5-15(2)6-8-19(9-7-15)14(20)13(16-3)12-10-17-18(4)11-12/h10-11,13,16H,5-9H2,1-4H3. The van der Waals surface area contributed by atoms with E-state index in [1.807, 2.05) is 25.2 Å². The molecule has 1 N–H and O–H groups in total. The molecule has 5 nitrogen and oxygen atoms in total.